The van der Waals surface area contributed by atoms with E-state index in [0.29, 0.717) is 17.2 Å². The Morgan fingerprint density at radius 2 is 2.00 bits per heavy atom. The van der Waals surface area contributed by atoms with Crippen molar-refractivity contribution in [3.63, 3.8) is 0 Å². The van der Waals surface area contributed by atoms with Crippen molar-refractivity contribution in [3.05, 3.63) is 34.9 Å². The van der Waals surface area contributed by atoms with Crippen molar-refractivity contribution in [2.45, 2.75) is 25.8 Å². The summed E-state index contributed by atoms with van der Waals surface area (Å²) in [6.07, 6.45) is 5.59. The highest BCUT2D eigenvalue weighted by Crippen LogP contribution is 2.14. The molecule has 0 aliphatic rings. The fraction of sp³-hybridized carbons (Fsp3) is 0.444. The maximum absolute atomic E-state index is 12.4. The van der Waals surface area contributed by atoms with Crippen molar-refractivity contribution in [2.24, 2.45) is 5.92 Å². The van der Waals surface area contributed by atoms with Crippen LogP contribution in [-0.2, 0) is 14.3 Å². The quantitative estimate of drug-likeness (QED) is 0.179. The van der Waals surface area contributed by atoms with E-state index in [-0.39, 0.29) is 32.1 Å². The smallest absolute Gasteiger partial charge is 0.251 e. The standard InChI is InChI=1S/C18H23ClN2O5/c1-3-5-14(18(23)21-24)10-16(11-26-12-25-4-2)20-17(22)13-6-8-15(19)9-7-13/h1,6-9,14,16,24H,4-5,10-12H2,2H3,(H,20,22)(H,21,23)/t14-,16-/m0/s1. The summed E-state index contributed by atoms with van der Waals surface area (Å²) in [5, 5.41) is 12.2. The molecule has 142 valence electrons. The molecule has 1 aromatic rings. The molecule has 0 spiro atoms. The zero-order valence-electron chi connectivity index (χ0n) is 14.5. The highest BCUT2D eigenvalue weighted by atomic mass is 35.5. The molecule has 2 amide bonds. The average Bonchev–Trinajstić information content (AvgIpc) is 2.64. The van der Waals surface area contributed by atoms with Crippen LogP contribution >= 0.6 is 11.6 Å². The first-order chi connectivity index (χ1) is 12.5. The third-order valence-electron chi connectivity index (χ3n) is 3.55. The molecule has 0 saturated heterocycles. The number of amides is 2. The Bertz CT molecular complexity index is 615. The fourth-order valence-corrected chi connectivity index (χ4v) is 2.36. The van der Waals surface area contributed by atoms with Gasteiger partial charge in [-0.2, -0.15) is 0 Å². The van der Waals surface area contributed by atoms with Gasteiger partial charge < -0.3 is 14.8 Å². The monoisotopic (exact) mass is 382 g/mol. The van der Waals surface area contributed by atoms with Gasteiger partial charge in [-0.3, -0.25) is 14.8 Å². The molecule has 0 aliphatic heterocycles. The Morgan fingerprint density at radius 3 is 2.58 bits per heavy atom. The van der Waals surface area contributed by atoms with Gasteiger partial charge in [-0.05, 0) is 37.6 Å². The number of hydrogen-bond acceptors (Lipinski definition) is 5. The first-order valence-corrected chi connectivity index (χ1v) is 8.48. The van der Waals surface area contributed by atoms with Crippen LogP contribution in [0.15, 0.2) is 24.3 Å². The normalized spacial score (nSPS) is 12.7. The zero-order chi connectivity index (χ0) is 19.4. The van der Waals surface area contributed by atoms with Crippen LogP contribution < -0.4 is 10.8 Å². The zero-order valence-corrected chi connectivity index (χ0v) is 15.3. The third-order valence-corrected chi connectivity index (χ3v) is 3.80. The van der Waals surface area contributed by atoms with Gasteiger partial charge in [0.2, 0.25) is 5.91 Å². The van der Waals surface area contributed by atoms with Gasteiger partial charge in [-0.1, -0.05) is 11.6 Å². The molecule has 0 aliphatic carbocycles. The van der Waals surface area contributed by atoms with E-state index in [4.69, 9.17) is 32.7 Å². The summed E-state index contributed by atoms with van der Waals surface area (Å²) in [5.41, 5.74) is 2.02. The van der Waals surface area contributed by atoms with E-state index in [1.165, 1.54) is 0 Å². The first-order valence-electron chi connectivity index (χ1n) is 8.11. The van der Waals surface area contributed by atoms with Crippen LogP contribution in [0.2, 0.25) is 5.02 Å². The molecule has 2 atom stereocenters. The van der Waals surface area contributed by atoms with Crippen LogP contribution in [-0.4, -0.2) is 43.1 Å². The van der Waals surface area contributed by atoms with Crippen LogP contribution in [0.25, 0.3) is 0 Å². The lowest BCUT2D eigenvalue weighted by molar-refractivity contribution is -0.133. The van der Waals surface area contributed by atoms with Gasteiger partial charge in [0.1, 0.15) is 6.79 Å². The van der Waals surface area contributed by atoms with E-state index < -0.39 is 17.9 Å². The lowest BCUT2D eigenvalue weighted by atomic mass is 9.96. The molecular formula is C18H23ClN2O5. The number of nitrogens with one attached hydrogen (secondary N) is 2. The van der Waals surface area contributed by atoms with E-state index in [0.717, 1.165) is 0 Å². The topological polar surface area (TPSA) is 96.9 Å². The van der Waals surface area contributed by atoms with Gasteiger partial charge in [0.25, 0.3) is 5.91 Å². The fourth-order valence-electron chi connectivity index (χ4n) is 2.23. The van der Waals surface area contributed by atoms with Crippen molar-refractivity contribution >= 4 is 23.4 Å². The van der Waals surface area contributed by atoms with Crippen LogP contribution in [0.5, 0.6) is 0 Å². The number of hydroxylamine groups is 1. The second kappa shape index (κ2) is 12.3. The van der Waals surface area contributed by atoms with Crippen molar-refractivity contribution in [2.75, 3.05) is 20.0 Å². The Hall–Kier alpha value is -2.11. The number of carbonyl (C=O) groups is 2. The molecule has 0 fully saturated rings. The largest absolute Gasteiger partial charge is 0.356 e. The molecule has 0 radical (unpaired) electrons. The molecule has 0 aromatic heterocycles. The Kier molecular flexibility index (Phi) is 10.4. The average molecular weight is 383 g/mol. The number of hydrogen-bond donors (Lipinski definition) is 3. The molecule has 0 heterocycles. The van der Waals surface area contributed by atoms with Crippen molar-refractivity contribution < 1.29 is 24.3 Å². The molecule has 3 N–H and O–H groups in total. The van der Waals surface area contributed by atoms with Gasteiger partial charge in [-0.25, -0.2) is 5.48 Å². The predicted molar refractivity (Wildman–Crippen MR) is 96.6 cm³/mol. The minimum absolute atomic E-state index is 0.0653. The van der Waals surface area contributed by atoms with Crippen LogP contribution in [0.3, 0.4) is 0 Å². The summed E-state index contributed by atoms with van der Waals surface area (Å²) in [5.74, 6) is 0.771. The molecule has 1 rings (SSSR count). The molecular weight excluding hydrogens is 360 g/mol. The highest BCUT2D eigenvalue weighted by molar-refractivity contribution is 6.30. The van der Waals surface area contributed by atoms with Gasteiger partial charge in [-0.15, -0.1) is 12.3 Å². The summed E-state index contributed by atoms with van der Waals surface area (Å²) < 4.78 is 10.5. The van der Waals surface area contributed by atoms with Crippen LogP contribution in [0, 0.1) is 18.3 Å². The molecule has 0 saturated carbocycles. The number of benzene rings is 1. The predicted octanol–water partition coefficient (Wildman–Crippen LogP) is 1.98. The SMILES string of the molecule is C#CC[C@@H](C[C@@H](COCOCC)NC(=O)c1ccc(Cl)cc1)C(=O)NO. The van der Waals surface area contributed by atoms with Crippen molar-refractivity contribution in [3.8, 4) is 12.3 Å². The number of terminal acetylenes is 1. The maximum Gasteiger partial charge on any atom is 0.251 e. The van der Waals surface area contributed by atoms with E-state index in [1.807, 2.05) is 6.92 Å². The molecule has 26 heavy (non-hydrogen) atoms. The van der Waals surface area contributed by atoms with Gasteiger partial charge in [0.15, 0.2) is 0 Å². The van der Waals surface area contributed by atoms with E-state index in [1.54, 1.807) is 29.7 Å². The molecule has 0 bridgehead atoms. The Balaban J connectivity index is 2.78. The second-order valence-electron chi connectivity index (χ2n) is 5.48. The summed E-state index contributed by atoms with van der Waals surface area (Å²) in [7, 11) is 0. The first kappa shape index (κ1) is 21.9. The highest BCUT2D eigenvalue weighted by Gasteiger charge is 2.24. The van der Waals surface area contributed by atoms with Crippen molar-refractivity contribution in [1.82, 2.24) is 10.8 Å². The molecule has 1 aromatic carbocycles. The molecule has 0 unspecified atom stereocenters. The van der Waals surface area contributed by atoms with Gasteiger partial charge in [0, 0.05) is 23.6 Å². The number of halogens is 1. The second-order valence-corrected chi connectivity index (χ2v) is 5.91. The Morgan fingerprint density at radius 1 is 1.31 bits per heavy atom. The lowest BCUT2D eigenvalue weighted by Gasteiger charge is -2.22. The summed E-state index contributed by atoms with van der Waals surface area (Å²) in [6, 6.07) is 5.90. The number of ether oxygens (including phenoxy) is 2. The minimum atomic E-state index is -0.670. The van der Waals surface area contributed by atoms with Crippen LogP contribution in [0.4, 0.5) is 0 Å². The third kappa shape index (κ3) is 7.85. The van der Waals surface area contributed by atoms with E-state index in [9.17, 15) is 9.59 Å². The van der Waals surface area contributed by atoms with Crippen LogP contribution in [0.1, 0.15) is 30.1 Å². The summed E-state index contributed by atoms with van der Waals surface area (Å²) >= 11 is 5.82. The summed E-state index contributed by atoms with van der Waals surface area (Å²) in [4.78, 5) is 24.2. The van der Waals surface area contributed by atoms with Crippen molar-refractivity contribution in [1.29, 1.82) is 0 Å². The van der Waals surface area contributed by atoms with E-state index >= 15 is 0 Å². The lowest BCUT2D eigenvalue weighted by Crippen LogP contribution is -2.42. The minimum Gasteiger partial charge on any atom is -0.356 e. The van der Waals surface area contributed by atoms with E-state index in [2.05, 4.69) is 11.2 Å². The van der Waals surface area contributed by atoms with Gasteiger partial charge >= 0.3 is 0 Å². The molecule has 8 heteroatoms. The number of carbonyl (C=O) groups excluding carboxylic acids is 2. The maximum atomic E-state index is 12.4. The Labute approximate surface area is 158 Å². The van der Waals surface area contributed by atoms with Gasteiger partial charge in [0.05, 0.1) is 18.6 Å². The molecule has 7 nitrogen and oxygen atoms in total. The summed E-state index contributed by atoms with van der Waals surface area (Å²) in [6.45, 7) is 2.51. The number of rotatable bonds is 11.